The predicted octanol–water partition coefficient (Wildman–Crippen LogP) is 3.90. The van der Waals surface area contributed by atoms with Gasteiger partial charge in [0.25, 0.3) is 0 Å². The summed E-state index contributed by atoms with van der Waals surface area (Å²) in [5, 5.41) is 3.53. The quantitative estimate of drug-likeness (QED) is 0.683. The summed E-state index contributed by atoms with van der Waals surface area (Å²) in [4.78, 5) is 29.4. The van der Waals surface area contributed by atoms with Gasteiger partial charge in [-0.15, -0.1) is 0 Å². The van der Waals surface area contributed by atoms with Crippen molar-refractivity contribution in [3.8, 4) is 11.5 Å². The molecule has 32 heavy (non-hydrogen) atoms. The van der Waals surface area contributed by atoms with E-state index in [1.165, 1.54) is 0 Å². The number of halogens is 1. The molecule has 0 saturated carbocycles. The highest BCUT2D eigenvalue weighted by atomic mass is 35.5. The molecule has 0 aromatic heterocycles. The molecule has 2 aromatic rings. The highest BCUT2D eigenvalue weighted by molar-refractivity contribution is 7.99. The maximum atomic E-state index is 12.9. The van der Waals surface area contributed by atoms with Gasteiger partial charge in [-0.05, 0) is 30.3 Å². The number of ether oxygens (including phenoxy) is 2. The van der Waals surface area contributed by atoms with Crippen LogP contribution in [0.15, 0.2) is 36.4 Å². The summed E-state index contributed by atoms with van der Waals surface area (Å²) in [5.74, 6) is 2.54. The topological polar surface area (TPSA) is 71.1 Å². The second-order valence-electron chi connectivity index (χ2n) is 7.70. The lowest BCUT2D eigenvalue weighted by molar-refractivity contribution is -0.122. The van der Waals surface area contributed by atoms with E-state index in [-0.39, 0.29) is 18.2 Å². The molecule has 0 spiro atoms. The van der Waals surface area contributed by atoms with Gasteiger partial charge in [-0.2, -0.15) is 11.8 Å². The summed E-state index contributed by atoms with van der Waals surface area (Å²) in [7, 11) is 3.10. The average molecular weight is 476 g/mol. The van der Waals surface area contributed by atoms with E-state index in [1.54, 1.807) is 43.4 Å². The van der Waals surface area contributed by atoms with Gasteiger partial charge in [0.15, 0.2) is 11.5 Å². The van der Waals surface area contributed by atoms with Crippen LogP contribution < -0.4 is 24.6 Å². The van der Waals surface area contributed by atoms with Gasteiger partial charge in [0, 0.05) is 55.0 Å². The van der Waals surface area contributed by atoms with Gasteiger partial charge >= 0.3 is 0 Å². The third kappa shape index (κ3) is 4.76. The van der Waals surface area contributed by atoms with Crippen LogP contribution in [-0.2, 0) is 9.59 Å². The fraction of sp³-hybridized carbons (Fsp3) is 0.391. The zero-order valence-electron chi connectivity index (χ0n) is 18.1. The first-order chi connectivity index (χ1) is 15.5. The Bertz CT molecular complexity index is 1010. The monoisotopic (exact) mass is 475 g/mol. The van der Waals surface area contributed by atoms with Gasteiger partial charge < -0.3 is 24.6 Å². The van der Waals surface area contributed by atoms with E-state index in [2.05, 4.69) is 10.2 Å². The molecule has 2 fully saturated rings. The molecule has 1 atom stereocenters. The zero-order chi connectivity index (χ0) is 22.7. The minimum Gasteiger partial charge on any atom is -0.493 e. The third-order valence-corrected chi connectivity index (χ3v) is 6.99. The second kappa shape index (κ2) is 9.92. The van der Waals surface area contributed by atoms with E-state index in [0.717, 1.165) is 30.3 Å². The van der Waals surface area contributed by atoms with E-state index < -0.39 is 5.92 Å². The molecule has 2 aliphatic heterocycles. The van der Waals surface area contributed by atoms with Crippen LogP contribution in [0.4, 0.5) is 17.1 Å². The number of thioether (sulfide) groups is 1. The van der Waals surface area contributed by atoms with Crippen LogP contribution in [0.2, 0.25) is 5.02 Å². The minimum absolute atomic E-state index is 0.103. The zero-order valence-corrected chi connectivity index (χ0v) is 19.7. The van der Waals surface area contributed by atoms with Gasteiger partial charge in [0.1, 0.15) is 0 Å². The van der Waals surface area contributed by atoms with Crippen molar-refractivity contribution in [3.05, 3.63) is 41.4 Å². The van der Waals surface area contributed by atoms with Crippen molar-refractivity contribution in [2.24, 2.45) is 5.92 Å². The molecule has 2 heterocycles. The standard InChI is InChI=1S/C23H26ClN3O4S/c1-30-20-6-4-17(13-21(20)31-2)27-14-15(11-22(27)28)23(29)25-16-3-5-19(18(24)12-16)26-7-9-32-10-8-26/h3-6,12-13,15H,7-11,14H2,1-2H3,(H,25,29). The van der Waals surface area contributed by atoms with Crippen molar-refractivity contribution in [1.29, 1.82) is 0 Å². The summed E-state index contributed by atoms with van der Waals surface area (Å²) in [6, 6.07) is 10.9. The maximum absolute atomic E-state index is 12.9. The molecule has 0 radical (unpaired) electrons. The fourth-order valence-corrected chi connectivity index (χ4v) is 5.22. The number of rotatable bonds is 6. The summed E-state index contributed by atoms with van der Waals surface area (Å²) in [6.07, 6.45) is 0.150. The van der Waals surface area contributed by atoms with E-state index in [4.69, 9.17) is 21.1 Å². The highest BCUT2D eigenvalue weighted by Crippen LogP contribution is 2.35. The first-order valence-electron chi connectivity index (χ1n) is 10.5. The first-order valence-corrected chi connectivity index (χ1v) is 12.0. The molecule has 1 unspecified atom stereocenters. The molecule has 9 heteroatoms. The Morgan fingerprint density at radius 3 is 2.53 bits per heavy atom. The van der Waals surface area contributed by atoms with Gasteiger partial charge in [0.2, 0.25) is 11.8 Å². The molecular formula is C23H26ClN3O4S. The van der Waals surface area contributed by atoms with Crippen molar-refractivity contribution in [2.45, 2.75) is 6.42 Å². The lowest BCUT2D eigenvalue weighted by Gasteiger charge is -2.29. The third-order valence-electron chi connectivity index (χ3n) is 5.74. The second-order valence-corrected chi connectivity index (χ2v) is 9.33. The summed E-state index contributed by atoms with van der Waals surface area (Å²) < 4.78 is 10.6. The number of nitrogens with one attached hydrogen (secondary N) is 1. The Morgan fingerprint density at radius 1 is 1.09 bits per heavy atom. The number of carbonyl (C=O) groups excluding carboxylic acids is 2. The van der Waals surface area contributed by atoms with Crippen LogP contribution in [-0.4, -0.2) is 57.2 Å². The van der Waals surface area contributed by atoms with E-state index in [9.17, 15) is 9.59 Å². The van der Waals surface area contributed by atoms with Crippen molar-refractivity contribution in [2.75, 3.05) is 60.5 Å². The molecular weight excluding hydrogens is 450 g/mol. The summed E-state index contributed by atoms with van der Waals surface area (Å²) in [5.41, 5.74) is 2.29. The lowest BCUT2D eigenvalue weighted by Crippen LogP contribution is -2.32. The number of benzene rings is 2. The van der Waals surface area contributed by atoms with Gasteiger partial charge in [0.05, 0.1) is 30.8 Å². The lowest BCUT2D eigenvalue weighted by atomic mass is 10.1. The summed E-state index contributed by atoms with van der Waals surface area (Å²) >= 11 is 8.44. The number of hydrogen-bond donors (Lipinski definition) is 1. The molecule has 0 bridgehead atoms. The normalized spacial score (nSPS) is 18.6. The molecule has 1 N–H and O–H groups in total. The first kappa shape index (κ1) is 22.6. The molecule has 0 aliphatic carbocycles. The number of methoxy groups -OCH3 is 2. The average Bonchev–Trinajstić information content (AvgIpc) is 3.21. The number of anilines is 3. The fourth-order valence-electron chi connectivity index (χ4n) is 4.02. The highest BCUT2D eigenvalue weighted by Gasteiger charge is 2.35. The smallest absolute Gasteiger partial charge is 0.229 e. The molecule has 2 aromatic carbocycles. The van der Waals surface area contributed by atoms with E-state index >= 15 is 0 Å². The predicted molar refractivity (Wildman–Crippen MR) is 130 cm³/mol. The molecule has 170 valence electrons. The van der Waals surface area contributed by atoms with Crippen LogP contribution >= 0.6 is 23.4 Å². The summed E-state index contributed by atoms with van der Waals surface area (Å²) in [6.45, 7) is 2.23. The molecule has 2 saturated heterocycles. The van der Waals surface area contributed by atoms with Gasteiger partial charge in [-0.25, -0.2) is 0 Å². The van der Waals surface area contributed by atoms with E-state index in [0.29, 0.717) is 34.4 Å². The number of carbonyl (C=O) groups is 2. The Labute approximate surface area is 197 Å². The van der Waals surface area contributed by atoms with Gasteiger partial charge in [-0.1, -0.05) is 11.6 Å². The molecule has 4 rings (SSSR count). The van der Waals surface area contributed by atoms with Crippen LogP contribution in [0, 0.1) is 5.92 Å². The Morgan fingerprint density at radius 2 is 1.84 bits per heavy atom. The SMILES string of the molecule is COc1ccc(N2CC(C(=O)Nc3ccc(N4CCSCC4)c(Cl)c3)CC2=O)cc1OC. The van der Waals surface area contributed by atoms with Crippen molar-refractivity contribution in [3.63, 3.8) is 0 Å². The van der Waals surface area contributed by atoms with Crippen molar-refractivity contribution < 1.29 is 19.1 Å². The molecule has 7 nitrogen and oxygen atoms in total. The van der Waals surface area contributed by atoms with Crippen molar-refractivity contribution in [1.82, 2.24) is 0 Å². The van der Waals surface area contributed by atoms with Crippen molar-refractivity contribution >= 4 is 52.2 Å². The largest absolute Gasteiger partial charge is 0.493 e. The maximum Gasteiger partial charge on any atom is 0.229 e. The minimum atomic E-state index is -0.451. The number of amides is 2. The van der Waals surface area contributed by atoms with Crippen LogP contribution in [0.5, 0.6) is 11.5 Å². The Hall–Kier alpha value is -2.58. The Kier molecular flexibility index (Phi) is 7.01. The molecule has 2 aliphatic rings. The number of nitrogens with zero attached hydrogens (tertiary/aromatic N) is 2. The van der Waals surface area contributed by atoms with E-state index in [1.807, 2.05) is 23.9 Å². The number of hydrogen-bond acceptors (Lipinski definition) is 6. The molecule has 2 amide bonds. The van der Waals surface area contributed by atoms with Crippen LogP contribution in [0.3, 0.4) is 0 Å². The van der Waals surface area contributed by atoms with Crippen LogP contribution in [0.25, 0.3) is 0 Å². The Balaban J connectivity index is 1.42. The van der Waals surface area contributed by atoms with Gasteiger partial charge in [-0.3, -0.25) is 9.59 Å². The van der Waals surface area contributed by atoms with Crippen LogP contribution in [0.1, 0.15) is 6.42 Å².